The fourth-order valence-electron chi connectivity index (χ4n) is 6.17. The van der Waals surface area contributed by atoms with Gasteiger partial charge >= 0.3 is 0 Å². The van der Waals surface area contributed by atoms with E-state index in [4.69, 9.17) is 9.47 Å². The first-order valence-electron chi connectivity index (χ1n) is 15.9. The number of unbranched alkanes of at least 4 members (excludes halogenated alkanes) is 2. The maximum atomic E-state index is 12.5. The van der Waals surface area contributed by atoms with E-state index in [0.29, 0.717) is 19.0 Å². The second-order valence-corrected chi connectivity index (χ2v) is 12.0. The number of hydrogen-bond donors (Lipinski definition) is 3. The van der Waals surface area contributed by atoms with Crippen molar-refractivity contribution in [2.45, 2.75) is 96.4 Å². The number of hydrogen-bond acceptors (Lipinski definition) is 6. The average molecular weight is 592 g/mol. The summed E-state index contributed by atoms with van der Waals surface area (Å²) in [6.45, 7) is 10.0. The van der Waals surface area contributed by atoms with Gasteiger partial charge in [-0.05, 0) is 48.9 Å². The van der Waals surface area contributed by atoms with E-state index in [1.807, 2.05) is 54.6 Å². The second kappa shape index (κ2) is 16.7. The lowest BCUT2D eigenvalue weighted by Gasteiger charge is -2.43. The summed E-state index contributed by atoms with van der Waals surface area (Å²) in [4.78, 5) is 26.0. The SMILES string of the molecule is C=CCN(C[C@H]1O[C@@H](c2ccc(NC(=O)CCCCCNC(C)=O)cc2)O[C@@H](c2ccc(CO)cc2)[C@H]1C)C1CCCC1. The Morgan fingerprint density at radius 2 is 1.70 bits per heavy atom. The van der Waals surface area contributed by atoms with Crippen molar-refractivity contribution < 1.29 is 24.2 Å². The lowest BCUT2D eigenvalue weighted by molar-refractivity contribution is -0.276. The Morgan fingerprint density at radius 1 is 1.00 bits per heavy atom. The number of nitrogens with zero attached hydrogens (tertiary/aromatic N) is 1. The summed E-state index contributed by atoms with van der Waals surface area (Å²) in [7, 11) is 0. The van der Waals surface area contributed by atoms with E-state index in [-0.39, 0.29) is 36.5 Å². The molecule has 1 aliphatic heterocycles. The van der Waals surface area contributed by atoms with Crippen molar-refractivity contribution in [3.63, 3.8) is 0 Å². The zero-order valence-corrected chi connectivity index (χ0v) is 25.8. The van der Waals surface area contributed by atoms with Gasteiger partial charge in [0.05, 0.1) is 18.8 Å². The molecule has 1 aliphatic carbocycles. The Labute approximate surface area is 256 Å². The van der Waals surface area contributed by atoms with E-state index in [1.54, 1.807) is 0 Å². The number of aliphatic hydroxyl groups excluding tert-OH is 1. The van der Waals surface area contributed by atoms with Gasteiger partial charge in [0.1, 0.15) is 0 Å². The molecule has 0 unspecified atom stereocenters. The fourth-order valence-corrected chi connectivity index (χ4v) is 6.17. The third-order valence-corrected chi connectivity index (χ3v) is 8.66. The maximum Gasteiger partial charge on any atom is 0.224 e. The molecule has 8 heteroatoms. The highest BCUT2D eigenvalue weighted by molar-refractivity contribution is 5.90. The van der Waals surface area contributed by atoms with Crippen molar-refractivity contribution in [3.8, 4) is 0 Å². The van der Waals surface area contributed by atoms with Crippen molar-refractivity contribution in [2.24, 2.45) is 5.92 Å². The number of aliphatic hydroxyl groups is 1. The standard InChI is InChI=1S/C35H49N3O5/c1-4-22-38(31-10-7-8-11-31)23-32-25(2)34(28-15-13-27(24-39)14-16-28)43-35(42-32)29-17-19-30(20-18-29)37-33(41)12-6-5-9-21-36-26(3)40/h4,13-20,25,31-32,34-35,39H,1,5-12,21-24H2,2-3H3,(H,36,40)(H,37,41)/t25-,32+,34+,35+/m0/s1. The number of amides is 2. The molecule has 1 saturated carbocycles. The molecule has 0 bridgehead atoms. The Bertz CT molecular complexity index is 1160. The van der Waals surface area contributed by atoms with Crippen LogP contribution in [0.15, 0.2) is 61.2 Å². The summed E-state index contributed by atoms with van der Waals surface area (Å²) in [5.41, 5.74) is 3.58. The number of carbonyl (C=O) groups excluding carboxylic acids is 2. The Morgan fingerprint density at radius 3 is 2.35 bits per heavy atom. The Balaban J connectivity index is 1.42. The van der Waals surface area contributed by atoms with Crippen molar-refractivity contribution >= 4 is 17.5 Å². The topological polar surface area (TPSA) is 100 Å². The molecule has 4 rings (SSSR count). The molecule has 0 aromatic heterocycles. The van der Waals surface area contributed by atoms with E-state index in [1.165, 1.54) is 32.6 Å². The van der Waals surface area contributed by atoms with Crippen LogP contribution < -0.4 is 10.6 Å². The van der Waals surface area contributed by atoms with Gasteiger partial charge in [0.25, 0.3) is 0 Å². The number of benzene rings is 2. The quantitative estimate of drug-likeness (QED) is 0.173. The monoisotopic (exact) mass is 591 g/mol. The van der Waals surface area contributed by atoms with E-state index < -0.39 is 6.29 Å². The molecule has 1 saturated heterocycles. The second-order valence-electron chi connectivity index (χ2n) is 12.0. The first-order chi connectivity index (χ1) is 20.9. The molecule has 2 aromatic carbocycles. The molecule has 2 aliphatic rings. The molecular weight excluding hydrogens is 542 g/mol. The van der Waals surface area contributed by atoms with Crippen LogP contribution in [0.2, 0.25) is 0 Å². The van der Waals surface area contributed by atoms with Gasteiger partial charge in [-0.15, -0.1) is 6.58 Å². The normalized spacial score (nSPS) is 22.4. The molecule has 2 fully saturated rings. The van der Waals surface area contributed by atoms with Crippen LogP contribution in [0.4, 0.5) is 5.69 Å². The Kier molecular flexibility index (Phi) is 12.8. The first-order valence-corrected chi connectivity index (χ1v) is 15.9. The van der Waals surface area contributed by atoms with Crippen molar-refractivity contribution in [2.75, 3.05) is 25.0 Å². The predicted octanol–water partition coefficient (Wildman–Crippen LogP) is 6.04. The molecule has 43 heavy (non-hydrogen) atoms. The minimum atomic E-state index is -0.550. The summed E-state index contributed by atoms with van der Waals surface area (Å²) < 4.78 is 13.3. The van der Waals surface area contributed by atoms with Crippen LogP contribution in [0.5, 0.6) is 0 Å². The molecule has 1 heterocycles. The lowest BCUT2D eigenvalue weighted by atomic mass is 9.89. The van der Waals surface area contributed by atoms with Crippen LogP contribution in [0.1, 0.15) is 94.3 Å². The zero-order valence-electron chi connectivity index (χ0n) is 25.8. The van der Waals surface area contributed by atoms with Gasteiger partial charge < -0.3 is 25.2 Å². The lowest BCUT2D eigenvalue weighted by Crippen LogP contribution is -2.47. The number of ether oxygens (including phenoxy) is 2. The average Bonchev–Trinajstić information content (AvgIpc) is 3.55. The molecule has 3 N–H and O–H groups in total. The highest BCUT2D eigenvalue weighted by Crippen LogP contribution is 2.42. The van der Waals surface area contributed by atoms with Crippen LogP contribution in [0.25, 0.3) is 0 Å². The largest absolute Gasteiger partial charge is 0.392 e. The number of anilines is 1. The van der Waals surface area contributed by atoms with Gasteiger partial charge in [0.15, 0.2) is 6.29 Å². The summed E-state index contributed by atoms with van der Waals surface area (Å²) in [6, 6.07) is 16.3. The number of carbonyl (C=O) groups is 2. The Hall–Kier alpha value is -3.04. The molecule has 2 aromatic rings. The van der Waals surface area contributed by atoms with Crippen LogP contribution >= 0.6 is 0 Å². The third kappa shape index (κ3) is 9.73. The van der Waals surface area contributed by atoms with E-state index >= 15 is 0 Å². The van der Waals surface area contributed by atoms with Gasteiger partial charge in [0, 0.05) is 56.2 Å². The first kappa shape index (κ1) is 32.9. The van der Waals surface area contributed by atoms with E-state index in [2.05, 4.69) is 29.0 Å². The summed E-state index contributed by atoms with van der Waals surface area (Å²) in [5, 5.41) is 15.3. The molecule has 0 radical (unpaired) electrons. The number of nitrogens with one attached hydrogen (secondary N) is 2. The summed E-state index contributed by atoms with van der Waals surface area (Å²) in [5.74, 6) is 0.0647. The predicted molar refractivity (Wildman–Crippen MR) is 169 cm³/mol. The van der Waals surface area contributed by atoms with Crippen LogP contribution in [-0.2, 0) is 25.7 Å². The highest BCUT2D eigenvalue weighted by Gasteiger charge is 2.40. The van der Waals surface area contributed by atoms with Gasteiger partial charge in [-0.3, -0.25) is 14.5 Å². The molecule has 8 nitrogen and oxygen atoms in total. The fraction of sp³-hybridized carbons (Fsp3) is 0.543. The van der Waals surface area contributed by atoms with Gasteiger partial charge in [0.2, 0.25) is 11.8 Å². The van der Waals surface area contributed by atoms with Crippen molar-refractivity contribution in [1.29, 1.82) is 0 Å². The minimum Gasteiger partial charge on any atom is -0.392 e. The summed E-state index contributed by atoms with van der Waals surface area (Å²) in [6.07, 6.45) is 9.15. The molecule has 0 spiro atoms. The highest BCUT2D eigenvalue weighted by atomic mass is 16.7. The van der Waals surface area contributed by atoms with Crippen molar-refractivity contribution in [1.82, 2.24) is 10.2 Å². The smallest absolute Gasteiger partial charge is 0.224 e. The molecule has 4 atom stereocenters. The van der Waals surface area contributed by atoms with Crippen LogP contribution in [-0.4, -0.2) is 53.6 Å². The van der Waals surface area contributed by atoms with Gasteiger partial charge in [-0.25, -0.2) is 0 Å². The molecule has 234 valence electrons. The van der Waals surface area contributed by atoms with E-state index in [0.717, 1.165) is 54.7 Å². The third-order valence-electron chi connectivity index (χ3n) is 8.66. The minimum absolute atomic E-state index is 0.00904. The van der Waals surface area contributed by atoms with Gasteiger partial charge in [-0.2, -0.15) is 0 Å². The maximum absolute atomic E-state index is 12.5. The van der Waals surface area contributed by atoms with Crippen LogP contribution in [0, 0.1) is 5.92 Å². The molecular formula is C35H49N3O5. The van der Waals surface area contributed by atoms with Crippen molar-refractivity contribution in [3.05, 3.63) is 77.9 Å². The van der Waals surface area contributed by atoms with Gasteiger partial charge in [-0.1, -0.05) is 68.7 Å². The molecule has 2 amide bonds. The van der Waals surface area contributed by atoms with Crippen LogP contribution in [0.3, 0.4) is 0 Å². The zero-order chi connectivity index (χ0) is 30.6. The summed E-state index contributed by atoms with van der Waals surface area (Å²) >= 11 is 0. The number of rotatable bonds is 15. The van der Waals surface area contributed by atoms with E-state index in [9.17, 15) is 14.7 Å².